The summed E-state index contributed by atoms with van der Waals surface area (Å²) in [6.07, 6.45) is 0. The van der Waals surface area contributed by atoms with Gasteiger partial charge in [-0.3, -0.25) is 0 Å². The molecular formula is C58H36N2OS. The lowest BCUT2D eigenvalue weighted by Crippen LogP contribution is -2.11. The normalized spacial score (nSPS) is 11.9. The van der Waals surface area contributed by atoms with Crippen molar-refractivity contribution in [3.05, 3.63) is 218 Å². The topological polar surface area (TPSA) is 21.3 Å². The SMILES string of the molecule is c1ccc(N(c2ccc(-c3cccc4sc5ccccc5c34)cc2)c2ccc(-n3c4ccccc4c4ccccc43)cc2)c(-c2cccc3oc4c5ccccc5ccc4c23)c1. The lowest BCUT2D eigenvalue weighted by molar-refractivity contribution is 0.673. The van der Waals surface area contributed by atoms with Gasteiger partial charge in [-0.25, -0.2) is 0 Å². The van der Waals surface area contributed by atoms with E-state index in [4.69, 9.17) is 4.42 Å². The summed E-state index contributed by atoms with van der Waals surface area (Å²) in [4.78, 5) is 2.41. The fourth-order valence-corrected chi connectivity index (χ4v) is 11.0. The molecule has 10 aromatic carbocycles. The number of thiophene rings is 1. The van der Waals surface area contributed by atoms with Gasteiger partial charge in [0.1, 0.15) is 11.2 Å². The molecule has 62 heavy (non-hydrogen) atoms. The average molecular weight is 809 g/mol. The first-order valence-corrected chi connectivity index (χ1v) is 21.9. The summed E-state index contributed by atoms with van der Waals surface area (Å²) in [6, 6.07) is 79.2. The summed E-state index contributed by atoms with van der Waals surface area (Å²) >= 11 is 1.86. The van der Waals surface area contributed by atoms with Crippen molar-refractivity contribution in [1.82, 2.24) is 4.57 Å². The lowest BCUT2D eigenvalue weighted by atomic mass is 9.96. The molecule has 0 aliphatic heterocycles. The van der Waals surface area contributed by atoms with E-state index < -0.39 is 0 Å². The van der Waals surface area contributed by atoms with Crippen LogP contribution >= 0.6 is 11.3 Å². The number of hydrogen-bond acceptors (Lipinski definition) is 3. The zero-order chi connectivity index (χ0) is 40.7. The highest BCUT2D eigenvalue weighted by Crippen LogP contribution is 2.47. The van der Waals surface area contributed by atoms with Crippen LogP contribution in [0, 0.1) is 0 Å². The highest BCUT2D eigenvalue weighted by atomic mass is 32.1. The Hall–Kier alpha value is -7.92. The zero-order valence-electron chi connectivity index (χ0n) is 33.5. The molecule has 13 aromatic rings. The van der Waals surface area contributed by atoms with E-state index >= 15 is 0 Å². The summed E-state index contributed by atoms with van der Waals surface area (Å²) in [7, 11) is 0. The Balaban J connectivity index is 1.00. The van der Waals surface area contributed by atoms with Gasteiger partial charge in [0, 0.05) is 69.7 Å². The molecule has 3 nitrogen and oxygen atoms in total. The maximum absolute atomic E-state index is 6.70. The molecule has 13 rings (SSSR count). The fraction of sp³-hybridized carbons (Fsp3) is 0. The van der Waals surface area contributed by atoms with Crippen LogP contribution in [0.1, 0.15) is 0 Å². The minimum Gasteiger partial charge on any atom is -0.455 e. The molecule has 0 radical (unpaired) electrons. The Morgan fingerprint density at radius 1 is 0.387 bits per heavy atom. The van der Waals surface area contributed by atoms with Crippen LogP contribution in [0.5, 0.6) is 0 Å². The van der Waals surface area contributed by atoms with Gasteiger partial charge in [-0.2, -0.15) is 0 Å². The largest absolute Gasteiger partial charge is 0.455 e. The lowest BCUT2D eigenvalue weighted by Gasteiger charge is -2.28. The van der Waals surface area contributed by atoms with Crippen LogP contribution in [0.4, 0.5) is 17.1 Å². The van der Waals surface area contributed by atoms with E-state index in [0.29, 0.717) is 0 Å². The van der Waals surface area contributed by atoms with Crippen LogP contribution < -0.4 is 4.90 Å². The van der Waals surface area contributed by atoms with E-state index in [-0.39, 0.29) is 0 Å². The molecule has 3 heterocycles. The second kappa shape index (κ2) is 13.8. The molecule has 0 bridgehead atoms. The molecule has 3 aromatic heterocycles. The number of rotatable bonds is 6. The highest BCUT2D eigenvalue weighted by molar-refractivity contribution is 7.25. The smallest absolute Gasteiger partial charge is 0.143 e. The fourth-order valence-electron chi connectivity index (χ4n) is 9.86. The number of hydrogen-bond donors (Lipinski definition) is 0. The summed E-state index contributed by atoms with van der Waals surface area (Å²) in [5.74, 6) is 0. The molecule has 0 spiro atoms. The van der Waals surface area contributed by atoms with E-state index in [1.54, 1.807) is 0 Å². The second-order valence-electron chi connectivity index (χ2n) is 16.0. The van der Waals surface area contributed by atoms with Crippen LogP contribution in [-0.2, 0) is 0 Å². The first-order valence-electron chi connectivity index (χ1n) is 21.1. The van der Waals surface area contributed by atoms with Crippen LogP contribution in [-0.4, -0.2) is 4.57 Å². The monoisotopic (exact) mass is 808 g/mol. The molecule has 0 N–H and O–H groups in total. The summed E-state index contributed by atoms with van der Waals surface area (Å²) in [5, 5.41) is 9.65. The number of anilines is 3. The van der Waals surface area contributed by atoms with E-state index in [9.17, 15) is 0 Å². The van der Waals surface area contributed by atoms with Gasteiger partial charge in [0.2, 0.25) is 0 Å². The third kappa shape index (κ3) is 5.30. The molecule has 0 amide bonds. The minimum atomic E-state index is 0.880. The maximum atomic E-state index is 6.70. The molecular weight excluding hydrogens is 773 g/mol. The molecule has 0 saturated heterocycles. The molecule has 0 fully saturated rings. The van der Waals surface area contributed by atoms with Crippen LogP contribution in [0.25, 0.3) is 103 Å². The van der Waals surface area contributed by atoms with E-state index in [2.05, 4.69) is 228 Å². The standard InChI is InChI=1S/C58H36N2OS/c1-2-14-43-37(13-1)29-36-49-56-47(20-11-24-53(56)61-58(43)49)46-17-5-7-21-50(46)59(39-30-27-38(28-31-39)42-19-12-26-55-57(42)48-18-6-10-25-54(48)62-55)40-32-34-41(35-33-40)60-51-22-8-3-15-44(51)45-16-4-9-23-52(45)60/h1-36H. The van der Waals surface area contributed by atoms with Gasteiger partial charge in [0.15, 0.2) is 0 Å². The Labute approximate surface area is 361 Å². The van der Waals surface area contributed by atoms with E-state index in [1.807, 2.05) is 11.3 Å². The van der Waals surface area contributed by atoms with Crippen LogP contribution in [0.2, 0.25) is 0 Å². The zero-order valence-corrected chi connectivity index (χ0v) is 34.3. The van der Waals surface area contributed by atoms with Gasteiger partial charge in [0.05, 0.1) is 16.7 Å². The molecule has 4 heteroatoms. The molecule has 0 aliphatic carbocycles. The van der Waals surface area contributed by atoms with Crippen molar-refractivity contribution in [2.45, 2.75) is 0 Å². The molecule has 0 unspecified atom stereocenters. The number of para-hydroxylation sites is 3. The Morgan fingerprint density at radius 2 is 0.984 bits per heavy atom. The summed E-state index contributed by atoms with van der Waals surface area (Å²) < 4.78 is 11.7. The summed E-state index contributed by atoms with van der Waals surface area (Å²) in [5.41, 5.74) is 13.2. The Bertz CT molecular complexity index is 3820. The number of fused-ring (bicyclic) bond motifs is 11. The number of aromatic nitrogens is 1. The van der Waals surface area contributed by atoms with E-state index in [1.165, 1.54) is 58.5 Å². The number of benzene rings is 10. The van der Waals surface area contributed by atoms with Crippen LogP contribution in [0.3, 0.4) is 0 Å². The highest BCUT2D eigenvalue weighted by Gasteiger charge is 2.22. The van der Waals surface area contributed by atoms with Gasteiger partial charge >= 0.3 is 0 Å². The number of furan rings is 1. The third-order valence-electron chi connectivity index (χ3n) is 12.6. The van der Waals surface area contributed by atoms with E-state index in [0.717, 1.165) is 61.2 Å². The van der Waals surface area contributed by atoms with Crippen molar-refractivity contribution in [1.29, 1.82) is 0 Å². The van der Waals surface area contributed by atoms with Gasteiger partial charge in [-0.1, -0.05) is 140 Å². The molecule has 0 saturated carbocycles. The molecule has 0 atom stereocenters. The third-order valence-corrected chi connectivity index (χ3v) is 13.7. The van der Waals surface area contributed by atoms with Crippen LogP contribution in [0.15, 0.2) is 223 Å². The van der Waals surface area contributed by atoms with Crippen molar-refractivity contribution >= 4 is 103 Å². The Kier molecular flexibility index (Phi) is 7.78. The molecule has 290 valence electrons. The number of nitrogens with zero attached hydrogens (tertiary/aromatic N) is 2. The minimum absolute atomic E-state index is 0.880. The van der Waals surface area contributed by atoms with Crippen molar-refractivity contribution < 1.29 is 4.42 Å². The quantitative estimate of drug-likeness (QED) is 0.167. The molecule has 0 aliphatic rings. The summed E-state index contributed by atoms with van der Waals surface area (Å²) in [6.45, 7) is 0. The average Bonchev–Trinajstić information content (AvgIpc) is 4.03. The van der Waals surface area contributed by atoms with Crippen molar-refractivity contribution in [2.75, 3.05) is 4.90 Å². The van der Waals surface area contributed by atoms with Crippen molar-refractivity contribution in [3.8, 4) is 27.9 Å². The predicted octanol–water partition coefficient (Wildman–Crippen LogP) is 17.0. The van der Waals surface area contributed by atoms with Gasteiger partial charge in [-0.05, 0) is 101 Å². The van der Waals surface area contributed by atoms with Gasteiger partial charge in [-0.15, -0.1) is 11.3 Å². The van der Waals surface area contributed by atoms with Gasteiger partial charge in [0.25, 0.3) is 0 Å². The maximum Gasteiger partial charge on any atom is 0.143 e. The van der Waals surface area contributed by atoms with Crippen molar-refractivity contribution in [2.24, 2.45) is 0 Å². The first-order chi connectivity index (χ1) is 30.8. The van der Waals surface area contributed by atoms with Gasteiger partial charge < -0.3 is 13.9 Å². The first kappa shape index (κ1) is 34.9. The predicted molar refractivity (Wildman–Crippen MR) is 264 cm³/mol. The van der Waals surface area contributed by atoms with Crippen molar-refractivity contribution in [3.63, 3.8) is 0 Å². The second-order valence-corrected chi connectivity index (χ2v) is 17.1. The Morgan fingerprint density at radius 3 is 1.77 bits per heavy atom.